The standard InChI is InChI=1S/C21H32F3N5O2.HI/c1-3-10-26-19(30)14-29-11-8-15(9-12-29)28-21(25-4-2)27-13-16-17(22)6-5-7-18(16)31-20(23)24;/h5-7,15,20H,3-4,8-14H2,1-2H3,(H,26,30)(H2,25,27,28);1H. The molecule has 1 aliphatic rings. The van der Waals surface area contributed by atoms with Gasteiger partial charge < -0.3 is 20.7 Å². The third kappa shape index (κ3) is 9.80. The summed E-state index contributed by atoms with van der Waals surface area (Å²) in [5.74, 6) is -0.348. The van der Waals surface area contributed by atoms with E-state index >= 15 is 0 Å². The number of hydrogen-bond acceptors (Lipinski definition) is 4. The fraction of sp³-hybridized carbons (Fsp3) is 0.619. The number of rotatable bonds is 10. The van der Waals surface area contributed by atoms with Crippen LogP contribution >= 0.6 is 24.0 Å². The van der Waals surface area contributed by atoms with Crippen molar-refractivity contribution in [3.05, 3.63) is 29.6 Å². The molecule has 1 amide bonds. The Hall–Kier alpha value is -1.76. The van der Waals surface area contributed by atoms with Crippen molar-refractivity contribution in [1.29, 1.82) is 0 Å². The molecule has 7 nitrogen and oxygen atoms in total. The number of ether oxygens (including phenoxy) is 1. The van der Waals surface area contributed by atoms with Gasteiger partial charge in [0.25, 0.3) is 0 Å². The van der Waals surface area contributed by atoms with Crippen molar-refractivity contribution in [2.24, 2.45) is 4.99 Å². The summed E-state index contributed by atoms with van der Waals surface area (Å²) >= 11 is 0. The van der Waals surface area contributed by atoms with Crippen molar-refractivity contribution >= 4 is 35.8 Å². The fourth-order valence-corrected chi connectivity index (χ4v) is 3.33. The summed E-state index contributed by atoms with van der Waals surface area (Å²) in [5.41, 5.74) is -0.0204. The molecule has 1 heterocycles. The molecule has 2 rings (SSSR count). The van der Waals surface area contributed by atoms with Gasteiger partial charge in [0, 0.05) is 32.2 Å². The second-order valence-electron chi connectivity index (χ2n) is 7.33. The minimum atomic E-state index is -3.04. The molecule has 0 atom stereocenters. The van der Waals surface area contributed by atoms with Crippen LogP contribution in [0.25, 0.3) is 0 Å². The van der Waals surface area contributed by atoms with Gasteiger partial charge in [0.05, 0.1) is 18.7 Å². The number of aliphatic imine (C=N–C) groups is 1. The summed E-state index contributed by atoms with van der Waals surface area (Å²) in [7, 11) is 0. The van der Waals surface area contributed by atoms with Gasteiger partial charge >= 0.3 is 6.61 Å². The highest BCUT2D eigenvalue weighted by Gasteiger charge is 2.21. The van der Waals surface area contributed by atoms with Crippen molar-refractivity contribution in [3.8, 4) is 5.75 Å². The molecular formula is C21H33F3IN5O2. The lowest BCUT2D eigenvalue weighted by Gasteiger charge is -2.32. The Morgan fingerprint density at radius 2 is 1.97 bits per heavy atom. The predicted octanol–water partition coefficient (Wildman–Crippen LogP) is 3.09. The Labute approximate surface area is 204 Å². The van der Waals surface area contributed by atoms with E-state index in [1.54, 1.807) is 0 Å². The van der Waals surface area contributed by atoms with Gasteiger partial charge in [0.1, 0.15) is 11.6 Å². The highest BCUT2D eigenvalue weighted by atomic mass is 127. The second-order valence-corrected chi connectivity index (χ2v) is 7.33. The van der Waals surface area contributed by atoms with Crippen molar-refractivity contribution in [3.63, 3.8) is 0 Å². The van der Waals surface area contributed by atoms with Crippen LogP contribution in [0, 0.1) is 5.82 Å². The third-order valence-electron chi connectivity index (χ3n) is 4.90. The van der Waals surface area contributed by atoms with Crippen LogP contribution in [0.15, 0.2) is 23.2 Å². The van der Waals surface area contributed by atoms with Crippen LogP contribution in [-0.4, -0.2) is 62.1 Å². The van der Waals surface area contributed by atoms with Gasteiger partial charge in [-0.3, -0.25) is 9.69 Å². The molecule has 0 unspecified atom stereocenters. The van der Waals surface area contributed by atoms with Crippen LogP contribution in [-0.2, 0) is 11.3 Å². The van der Waals surface area contributed by atoms with Crippen LogP contribution in [0.3, 0.4) is 0 Å². The number of alkyl halides is 2. The monoisotopic (exact) mass is 571 g/mol. The Morgan fingerprint density at radius 3 is 2.59 bits per heavy atom. The Bertz CT molecular complexity index is 731. The van der Waals surface area contributed by atoms with Crippen LogP contribution in [0.2, 0.25) is 0 Å². The Morgan fingerprint density at radius 1 is 1.25 bits per heavy atom. The van der Waals surface area contributed by atoms with E-state index < -0.39 is 12.4 Å². The summed E-state index contributed by atoms with van der Waals surface area (Å²) in [6, 6.07) is 3.95. The van der Waals surface area contributed by atoms with E-state index in [9.17, 15) is 18.0 Å². The molecule has 0 aromatic heterocycles. The van der Waals surface area contributed by atoms with E-state index in [2.05, 4.69) is 30.6 Å². The Kier molecular flexibility index (Phi) is 13.4. The molecule has 3 N–H and O–H groups in total. The van der Waals surface area contributed by atoms with Crippen molar-refractivity contribution in [1.82, 2.24) is 20.9 Å². The number of nitrogens with zero attached hydrogens (tertiary/aromatic N) is 2. The van der Waals surface area contributed by atoms with Crippen LogP contribution in [0.5, 0.6) is 5.75 Å². The first kappa shape index (κ1) is 28.3. The number of nitrogens with one attached hydrogen (secondary N) is 3. The highest BCUT2D eigenvalue weighted by molar-refractivity contribution is 14.0. The molecule has 182 valence electrons. The lowest BCUT2D eigenvalue weighted by Crippen LogP contribution is -2.50. The largest absolute Gasteiger partial charge is 0.434 e. The van der Waals surface area contributed by atoms with E-state index in [0.29, 0.717) is 25.6 Å². The van der Waals surface area contributed by atoms with E-state index in [4.69, 9.17) is 0 Å². The number of amides is 1. The number of carbonyl (C=O) groups excluding carboxylic acids is 1. The number of likely N-dealkylation sites (tertiary alicyclic amines) is 1. The first-order chi connectivity index (χ1) is 14.9. The maximum atomic E-state index is 14.1. The van der Waals surface area contributed by atoms with Crippen LogP contribution < -0.4 is 20.7 Å². The number of hydrogen-bond donors (Lipinski definition) is 3. The quantitative estimate of drug-likeness (QED) is 0.229. The molecule has 1 aromatic rings. The average molecular weight is 571 g/mol. The molecule has 1 saturated heterocycles. The van der Waals surface area contributed by atoms with Crippen LogP contribution in [0.1, 0.15) is 38.7 Å². The molecule has 0 aliphatic carbocycles. The van der Waals surface area contributed by atoms with E-state index in [1.165, 1.54) is 18.2 Å². The van der Waals surface area contributed by atoms with Crippen molar-refractivity contribution < 1.29 is 22.7 Å². The first-order valence-corrected chi connectivity index (χ1v) is 10.7. The maximum Gasteiger partial charge on any atom is 0.387 e. The van der Waals surface area contributed by atoms with Crippen molar-refractivity contribution in [2.45, 2.75) is 52.3 Å². The molecule has 32 heavy (non-hydrogen) atoms. The van der Waals surface area contributed by atoms with Gasteiger partial charge in [-0.25, -0.2) is 9.38 Å². The normalized spacial score (nSPS) is 15.2. The van der Waals surface area contributed by atoms with Gasteiger partial charge in [0.2, 0.25) is 5.91 Å². The second kappa shape index (κ2) is 15.1. The van der Waals surface area contributed by atoms with Gasteiger partial charge in [-0.15, -0.1) is 24.0 Å². The predicted molar refractivity (Wildman–Crippen MR) is 129 cm³/mol. The minimum absolute atomic E-state index is 0. The number of guanidine groups is 1. The fourth-order valence-electron chi connectivity index (χ4n) is 3.33. The molecule has 1 fully saturated rings. The molecule has 1 aromatic carbocycles. The molecular weight excluding hydrogens is 538 g/mol. The zero-order chi connectivity index (χ0) is 22.6. The molecule has 0 saturated carbocycles. The van der Waals surface area contributed by atoms with Gasteiger partial charge in [-0.1, -0.05) is 13.0 Å². The number of halogens is 4. The first-order valence-electron chi connectivity index (χ1n) is 10.7. The topological polar surface area (TPSA) is 78.0 Å². The molecule has 1 aliphatic heterocycles. The van der Waals surface area contributed by atoms with Crippen molar-refractivity contribution in [2.75, 3.05) is 32.7 Å². The average Bonchev–Trinajstić information content (AvgIpc) is 2.73. The molecule has 0 radical (unpaired) electrons. The summed E-state index contributed by atoms with van der Waals surface area (Å²) in [4.78, 5) is 18.3. The summed E-state index contributed by atoms with van der Waals surface area (Å²) in [5, 5.41) is 9.29. The number of benzene rings is 1. The third-order valence-corrected chi connectivity index (χ3v) is 4.90. The SMILES string of the molecule is CCCNC(=O)CN1CCC(NC(=NCc2c(F)cccc2OC(F)F)NCC)CC1.I. The van der Waals surface area contributed by atoms with Gasteiger partial charge in [-0.05, 0) is 38.3 Å². The number of piperidine rings is 1. The maximum absolute atomic E-state index is 14.1. The lowest BCUT2D eigenvalue weighted by atomic mass is 10.1. The molecule has 11 heteroatoms. The van der Waals surface area contributed by atoms with Gasteiger partial charge in [-0.2, -0.15) is 8.78 Å². The molecule has 0 spiro atoms. The Balaban J connectivity index is 0.00000512. The molecule has 0 bridgehead atoms. The lowest BCUT2D eigenvalue weighted by molar-refractivity contribution is -0.122. The van der Waals surface area contributed by atoms with Crippen LogP contribution in [0.4, 0.5) is 13.2 Å². The van der Waals surface area contributed by atoms with Gasteiger partial charge in [0.15, 0.2) is 5.96 Å². The summed E-state index contributed by atoms with van der Waals surface area (Å²) < 4.78 is 43.8. The zero-order valence-electron chi connectivity index (χ0n) is 18.5. The summed E-state index contributed by atoms with van der Waals surface area (Å²) in [6.07, 6.45) is 2.56. The number of carbonyl (C=O) groups is 1. The minimum Gasteiger partial charge on any atom is -0.434 e. The summed E-state index contributed by atoms with van der Waals surface area (Å²) in [6.45, 7) is 3.97. The zero-order valence-corrected chi connectivity index (χ0v) is 20.8. The van der Waals surface area contributed by atoms with E-state index in [1.807, 2.05) is 13.8 Å². The van der Waals surface area contributed by atoms with E-state index in [-0.39, 0.29) is 53.8 Å². The van der Waals surface area contributed by atoms with E-state index in [0.717, 1.165) is 32.4 Å². The smallest absolute Gasteiger partial charge is 0.387 e. The highest BCUT2D eigenvalue weighted by Crippen LogP contribution is 2.24.